The first kappa shape index (κ1) is 13.3. The van der Waals surface area contributed by atoms with Crippen LogP contribution in [0.25, 0.3) is 10.8 Å². The van der Waals surface area contributed by atoms with E-state index in [9.17, 15) is 8.42 Å². The highest BCUT2D eigenvalue weighted by molar-refractivity contribution is 7.89. The fraction of sp³-hybridized carbons (Fsp3) is 0.167. The third-order valence-corrected chi connectivity index (χ3v) is 4.40. The summed E-state index contributed by atoms with van der Waals surface area (Å²) in [4.78, 5) is 0.218. The molecule has 6 heteroatoms. The molecule has 2 aromatic rings. The van der Waals surface area contributed by atoms with Crippen LogP contribution in [0.15, 0.2) is 41.3 Å². The largest absolute Gasteiger partial charge is 0.329 e. The van der Waals surface area contributed by atoms with Gasteiger partial charge in [0.15, 0.2) is 0 Å². The van der Waals surface area contributed by atoms with Crippen LogP contribution in [0.1, 0.15) is 0 Å². The second-order valence-corrected chi connectivity index (χ2v) is 5.92. The Kier molecular flexibility index (Phi) is 3.87. The maximum absolute atomic E-state index is 12.1. The molecule has 0 aliphatic heterocycles. The van der Waals surface area contributed by atoms with Crippen molar-refractivity contribution in [2.75, 3.05) is 13.1 Å². The highest BCUT2D eigenvalue weighted by Crippen LogP contribution is 2.28. The Balaban J connectivity index is 2.62. The fourth-order valence-electron chi connectivity index (χ4n) is 1.75. The van der Waals surface area contributed by atoms with E-state index in [1.807, 2.05) is 0 Å². The van der Waals surface area contributed by atoms with Crippen LogP contribution in [0.3, 0.4) is 0 Å². The van der Waals surface area contributed by atoms with Crippen LogP contribution in [0.5, 0.6) is 0 Å². The molecule has 2 rings (SSSR count). The molecule has 0 unspecified atom stereocenters. The number of rotatable bonds is 4. The molecular formula is C12H13ClN2O2S. The quantitative estimate of drug-likeness (QED) is 0.898. The number of fused-ring (bicyclic) bond motifs is 1. The Morgan fingerprint density at radius 3 is 2.50 bits per heavy atom. The maximum Gasteiger partial charge on any atom is 0.241 e. The molecule has 0 heterocycles. The summed E-state index contributed by atoms with van der Waals surface area (Å²) in [5.74, 6) is 0. The predicted octanol–water partition coefficient (Wildman–Crippen LogP) is 1.73. The SMILES string of the molecule is NCCNS(=O)(=O)c1cccc2c(Cl)cccc12. The van der Waals surface area contributed by atoms with E-state index < -0.39 is 10.0 Å². The van der Waals surface area contributed by atoms with Crippen LogP contribution in [0.2, 0.25) is 5.02 Å². The Hall–Kier alpha value is -1.14. The van der Waals surface area contributed by atoms with Gasteiger partial charge in [0.25, 0.3) is 0 Å². The number of halogens is 1. The van der Waals surface area contributed by atoms with Crippen LogP contribution in [-0.4, -0.2) is 21.5 Å². The van der Waals surface area contributed by atoms with Crippen LogP contribution >= 0.6 is 11.6 Å². The van der Waals surface area contributed by atoms with Gasteiger partial charge in [-0.1, -0.05) is 35.9 Å². The number of hydrogen-bond donors (Lipinski definition) is 2. The highest BCUT2D eigenvalue weighted by Gasteiger charge is 2.16. The summed E-state index contributed by atoms with van der Waals surface area (Å²) in [6.45, 7) is 0.462. The molecule has 0 aliphatic carbocycles. The summed E-state index contributed by atoms with van der Waals surface area (Å²) >= 11 is 6.05. The van der Waals surface area contributed by atoms with Crippen molar-refractivity contribution in [1.29, 1.82) is 0 Å². The third-order valence-electron chi connectivity index (χ3n) is 2.55. The molecule has 3 N–H and O–H groups in total. The minimum atomic E-state index is -3.55. The third kappa shape index (κ3) is 2.49. The van der Waals surface area contributed by atoms with Crippen LogP contribution in [-0.2, 0) is 10.0 Å². The summed E-state index contributed by atoms with van der Waals surface area (Å²) in [6, 6.07) is 10.2. The summed E-state index contributed by atoms with van der Waals surface area (Å²) < 4.78 is 26.7. The van der Waals surface area contributed by atoms with Gasteiger partial charge < -0.3 is 5.73 Å². The summed E-state index contributed by atoms with van der Waals surface area (Å²) in [6.07, 6.45) is 0. The molecule has 0 amide bonds. The molecule has 0 bridgehead atoms. The van der Waals surface area contributed by atoms with Crippen molar-refractivity contribution in [3.63, 3.8) is 0 Å². The van der Waals surface area contributed by atoms with Gasteiger partial charge in [-0.05, 0) is 12.1 Å². The van der Waals surface area contributed by atoms with E-state index in [1.165, 1.54) is 0 Å². The molecule has 4 nitrogen and oxygen atoms in total. The molecule has 18 heavy (non-hydrogen) atoms. The van der Waals surface area contributed by atoms with E-state index in [-0.39, 0.29) is 18.0 Å². The van der Waals surface area contributed by atoms with Gasteiger partial charge in [-0.2, -0.15) is 0 Å². The van der Waals surface area contributed by atoms with Gasteiger partial charge in [0.2, 0.25) is 10.0 Å². The van der Waals surface area contributed by atoms with E-state index in [1.54, 1.807) is 36.4 Å². The van der Waals surface area contributed by atoms with Gasteiger partial charge in [0, 0.05) is 28.9 Å². The Bertz CT molecular complexity index is 671. The minimum Gasteiger partial charge on any atom is -0.329 e. The molecule has 0 saturated carbocycles. The van der Waals surface area contributed by atoms with Crippen molar-refractivity contribution >= 4 is 32.4 Å². The average molecular weight is 285 g/mol. The van der Waals surface area contributed by atoms with E-state index in [0.717, 1.165) is 5.39 Å². The normalized spacial score (nSPS) is 11.9. The van der Waals surface area contributed by atoms with Crippen molar-refractivity contribution in [1.82, 2.24) is 4.72 Å². The number of sulfonamides is 1. The lowest BCUT2D eigenvalue weighted by Gasteiger charge is -2.09. The van der Waals surface area contributed by atoms with E-state index >= 15 is 0 Å². The van der Waals surface area contributed by atoms with Gasteiger partial charge in [0.1, 0.15) is 0 Å². The van der Waals surface area contributed by atoms with E-state index in [2.05, 4.69) is 4.72 Å². The van der Waals surface area contributed by atoms with Crippen LogP contribution in [0.4, 0.5) is 0 Å². The first-order valence-electron chi connectivity index (χ1n) is 5.43. The standard InChI is InChI=1S/C12H13ClN2O2S/c13-11-5-1-4-10-9(11)3-2-6-12(10)18(16,17)15-8-7-14/h1-6,15H,7-8,14H2. The topological polar surface area (TPSA) is 72.2 Å². The van der Waals surface area contributed by atoms with Crippen LogP contribution in [0, 0.1) is 0 Å². The predicted molar refractivity (Wildman–Crippen MR) is 73.2 cm³/mol. The molecule has 0 aromatic heterocycles. The van der Waals surface area contributed by atoms with Gasteiger partial charge >= 0.3 is 0 Å². The van der Waals surface area contributed by atoms with E-state index in [0.29, 0.717) is 10.4 Å². The monoisotopic (exact) mass is 284 g/mol. The lowest BCUT2D eigenvalue weighted by molar-refractivity contribution is 0.583. The fourth-order valence-corrected chi connectivity index (χ4v) is 3.25. The molecule has 0 atom stereocenters. The second-order valence-electron chi connectivity index (χ2n) is 3.78. The molecule has 0 aliphatic rings. The molecular weight excluding hydrogens is 272 g/mol. The minimum absolute atomic E-state index is 0.208. The van der Waals surface area contributed by atoms with Crippen molar-refractivity contribution in [3.8, 4) is 0 Å². The number of benzene rings is 2. The van der Waals surface area contributed by atoms with Gasteiger partial charge in [-0.3, -0.25) is 0 Å². The Morgan fingerprint density at radius 2 is 1.78 bits per heavy atom. The molecule has 96 valence electrons. The number of hydrogen-bond acceptors (Lipinski definition) is 3. The second kappa shape index (κ2) is 5.24. The van der Waals surface area contributed by atoms with Crippen molar-refractivity contribution in [2.24, 2.45) is 5.73 Å². The Labute approximate surface area is 111 Å². The molecule has 0 fully saturated rings. The van der Waals surface area contributed by atoms with Crippen molar-refractivity contribution in [2.45, 2.75) is 4.90 Å². The number of nitrogens with two attached hydrogens (primary N) is 1. The van der Waals surface area contributed by atoms with Gasteiger partial charge in [0.05, 0.1) is 4.90 Å². The lowest BCUT2D eigenvalue weighted by atomic mass is 10.1. The molecule has 0 radical (unpaired) electrons. The maximum atomic E-state index is 12.1. The first-order valence-corrected chi connectivity index (χ1v) is 7.29. The highest BCUT2D eigenvalue weighted by atomic mass is 35.5. The molecule has 2 aromatic carbocycles. The smallest absolute Gasteiger partial charge is 0.241 e. The van der Waals surface area contributed by atoms with Gasteiger partial charge in [-0.15, -0.1) is 0 Å². The van der Waals surface area contributed by atoms with Crippen LogP contribution < -0.4 is 10.5 Å². The van der Waals surface area contributed by atoms with Crippen molar-refractivity contribution in [3.05, 3.63) is 41.4 Å². The zero-order valence-corrected chi connectivity index (χ0v) is 11.1. The zero-order valence-electron chi connectivity index (χ0n) is 9.56. The summed E-state index contributed by atoms with van der Waals surface area (Å²) in [5, 5.41) is 1.85. The lowest BCUT2D eigenvalue weighted by Crippen LogP contribution is -2.29. The zero-order chi connectivity index (χ0) is 13.2. The number of nitrogens with one attached hydrogen (secondary N) is 1. The summed E-state index contributed by atoms with van der Waals surface area (Å²) in [5.41, 5.74) is 5.30. The average Bonchev–Trinajstić information content (AvgIpc) is 2.36. The Morgan fingerprint density at radius 1 is 1.11 bits per heavy atom. The summed E-state index contributed by atoms with van der Waals surface area (Å²) in [7, 11) is -3.55. The molecule has 0 spiro atoms. The van der Waals surface area contributed by atoms with Crippen molar-refractivity contribution < 1.29 is 8.42 Å². The molecule has 0 saturated heterocycles. The van der Waals surface area contributed by atoms with Gasteiger partial charge in [-0.25, -0.2) is 13.1 Å². The first-order chi connectivity index (χ1) is 8.56. The van der Waals surface area contributed by atoms with E-state index in [4.69, 9.17) is 17.3 Å².